The average Bonchev–Trinajstić information content (AvgIpc) is 3.60. The van der Waals surface area contributed by atoms with Gasteiger partial charge in [-0.25, -0.2) is 9.71 Å². The van der Waals surface area contributed by atoms with Gasteiger partial charge in [-0.1, -0.05) is 0 Å². The molecule has 1 aliphatic heterocycles. The molecule has 30 heavy (non-hydrogen) atoms. The number of nitrogens with zero attached hydrogens (tertiary/aromatic N) is 3. The number of fused-ring (bicyclic) bond motifs is 2. The number of carbonyl (C=O) groups excluding carboxylic acids is 1. The molecule has 0 bridgehead atoms. The number of nitrogens with one attached hydrogen (secondary N) is 2. The molecule has 1 amide bonds. The zero-order valence-corrected chi connectivity index (χ0v) is 17.3. The summed E-state index contributed by atoms with van der Waals surface area (Å²) in [5, 5.41) is 21.4. The number of hydrogen-bond donors (Lipinski definition) is 4. The van der Waals surface area contributed by atoms with E-state index in [0.717, 1.165) is 46.8 Å². The molecule has 3 aliphatic rings. The van der Waals surface area contributed by atoms with Gasteiger partial charge in [-0.15, -0.1) is 0 Å². The third kappa shape index (κ3) is 3.58. The van der Waals surface area contributed by atoms with Crippen molar-refractivity contribution >= 4 is 43.2 Å². The second-order valence-electron chi connectivity index (χ2n) is 8.35. The number of aromatic nitrogens is 2. The van der Waals surface area contributed by atoms with E-state index in [1.54, 1.807) is 18.3 Å². The summed E-state index contributed by atoms with van der Waals surface area (Å²) in [4.78, 5) is 25.0. The van der Waals surface area contributed by atoms with Crippen molar-refractivity contribution in [3.05, 3.63) is 36.0 Å². The maximum atomic E-state index is 13.1. The van der Waals surface area contributed by atoms with Crippen LogP contribution in [0.2, 0.25) is 0 Å². The van der Waals surface area contributed by atoms with E-state index < -0.39 is 5.81 Å². The van der Waals surface area contributed by atoms with E-state index in [2.05, 4.69) is 21.9 Å². The van der Waals surface area contributed by atoms with Gasteiger partial charge in [0.25, 0.3) is 0 Å². The van der Waals surface area contributed by atoms with Crippen LogP contribution in [0, 0.1) is 5.92 Å². The Balaban J connectivity index is 1.35. The van der Waals surface area contributed by atoms with Crippen LogP contribution in [0.1, 0.15) is 38.2 Å². The molecule has 1 atom stereocenters. The Morgan fingerprint density at radius 2 is 2.00 bits per heavy atom. The van der Waals surface area contributed by atoms with Crippen molar-refractivity contribution < 1.29 is 15.0 Å². The van der Waals surface area contributed by atoms with E-state index in [4.69, 9.17) is 23.0 Å². The average molecular weight is 423 g/mol. The summed E-state index contributed by atoms with van der Waals surface area (Å²) >= 11 is 0.999. The van der Waals surface area contributed by atoms with Gasteiger partial charge in [0, 0.05) is 28.4 Å². The largest absolute Gasteiger partial charge is 0.361 e. The number of hydrogen-bond acceptors (Lipinski definition) is 8. The van der Waals surface area contributed by atoms with E-state index in [1.807, 2.05) is 17.0 Å². The van der Waals surface area contributed by atoms with Crippen LogP contribution in [0.5, 0.6) is 0 Å². The first-order valence-corrected chi connectivity index (χ1v) is 10.8. The SMILES string of the molecule is [B]C(O)(O)NSc1ccc(Nc2ncc3c(n2)N(C(C)C2CC2)C(=O)C32CC2)cc1. The Morgan fingerprint density at radius 3 is 2.60 bits per heavy atom. The molecule has 2 fully saturated rings. The second-order valence-corrected chi connectivity index (χ2v) is 9.23. The quantitative estimate of drug-likeness (QED) is 0.303. The monoisotopic (exact) mass is 423 g/mol. The molecule has 8 nitrogen and oxygen atoms in total. The summed E-state index contributed by atoms with van der Waals surface area (Å²) in [5.74, 6) is -0.514. The lowest BCUT2D eigenvalue weighted by Crippen LogP contribution is -2.41. The smallest absolute Gasteiger partial charge is 0.239 e. The third-order valence-corrected chi connectivity index (χ3v) is 6.94. The minimum atomic E-state index is -2.44. The number of amides is 1. The van der Waals surface area contributed by atoms with E-state index in [9.17, 15) is 4.79 Å². The van der Waals surface area contributed by atoms with Gasteiger partial charge in [0.1, 0.15) is 5.82 Å². The number of anilines is 3. The summed E-state index contributed by atoms with van der Waals surface area (Å²) < 4.78 is 2.31. The Hall–Kier alpha value is -2.14. The second kappa shape index (κ2) is 6.95. The fraction of sp³-hybridized carbons (Fsp3) is 0.450. The molecule has 154 valence electrons. The summed E-state index contributed by atoms with van der Waals surface area (Å²) in [5.41, 5.74) is 1.35. The number of rotatable bonds is 7. The summed E-state index contributed by atoms with van der Waals surface area (Å²) in [6.07, 6.45) is 5.89. The highest BCUT2D eigenvalue weighted by Gasteiger charge is 2.61. The van der Waals surface area contributed by atoms with Crippen LogP contribution in [0.3, 0.4) is 0 Å². The van der Waals surface area contributed by atoms with E-state index in [1.165, 1.54) is 12.8 Å². The molecule has 4 N–H and O–H groups in total. The van der Waals surface area contributed by atoms with E-state index in [-0.39, 0.29) is 17.4 Å². The topological polar surface area (TPSA) is 111 Å². The van der Waals surface area contributed by atoms with Crippen molar-refractivity contribution in [2.75, 3.05) is 10.2 Å². The summed E-state index contributed by atoms with van der Waals surface area (Å²) in [6.45, 7) is 2.12. The molecular weight excluding hydrogens is 401 g/mol. The van der Waals surface area contributed by atoms with Gasteiger partial charge in [0.2, 0.25) is 11.9 Å². The van der Waals surface area contributed by atoms with Crippen LogP contribution in [-0.2, 0) is 10.2 Å². The molecule has 10 heteroatoms. The Morgan fingerprint density at radius 1 is 1.30 bits per heavy atom. The molecule has 0 saturated heterocycles. The molecule has 2 aromatic rings. The molecule has 2 aliphatic carbocycles. The molecule has 2 radical (unpaired) electrons. The van der Waals surface area contributed by atoms with E-state index >= 15 is 0 Å². The van der Waals surface area contributed by atoms with Crippen LogP contribution in [0.25, 0.3) is 0 Å². The lowest BCUT2D eigenvalue weighted by atomic mass is 10.0. The molecule has 2 heterocycles. The van der Waals surface area contributed by atoms with Crippen molar-refractivity contribution in [2.45, 2.75) is 54.8 Å². The fourth-order valence-electron chi connectivity index (χ4n) is 4.04. The minimum absolute atomic E-state index is 0.162. The van der Waals surface area contributed by atoms with Gasteiger partial charge in [0.05, 0.1) is 5.41 Å². The van der Waals surface area contributed by atoms with Crippen LogP contribution < -0.4 is 14.9 Å². The highest BCUT2D eigenvalue weighted by Crippen LogP contribution is 2.58. The maximum Gasteiger partial charge on any atom is 0.239 e. The Labute approximate surface area is 180 Å². The molecule has 2 saturated carbocycles. The van der Waals surface area contributed by atoms with E-state index in [0.29, 0.717) is 11.9 Å². The fourth-order valence-corrected chi connectivity index (χ4v) is 4.58. The maximum absolute atomic E-state index is 13.1. The van der Waals surface area contributed by atoms with Crippen molar-refractivity contribution in [1.82, 2.24) is 14.7 Å². The number of aliphatic hydroxyl groups is 2. The minimum Gasteiger partial charge on any atom is -0.361 e. The zero-order chi connectivity index (χ0) is 21.1. The Kier molecular flexibility index (Phi) is 4.59. The lowest BCUT2D eigenvalue weighted by molar-refractivity contribution is -0.120. The first-order chi connectivity index (χ1) is 14.3. The van der Waals surface area contributed by atoms with Crippen molar-refractivity contribution in [3.63, 3.8) is 0 Å². The lowest BCUT2D eigenvalue weighted by Gasteiger charge is -2.25. The predicted molar refractivity (Wildman–Crippen MR) is 114 cm³/mol. The van der Waals surface area contributed by atoms with Crippen LogP contribution in [-0.4, -0.2) is 45.8 Å². The summed E-state index contributed by atoms with van der Waals surface area (Å²) in [7, 11) is 5.07. The first kappa shape index (κ1) is 19.8. The van der Waals surface area contributed by atoms with Gasteiger partial charge in [-0.05, 0) is 74.7 Å². The molecule has 1 spiro atoms. The normalized spacial score (nSPS) is 20.4. The van der Waals surface area contributed by atoms with Crippen molar-refractivity contribution in [2.24, 2.45) is 5.92 Å². The number of carbonyl (C=O) groups is 1. The molecule has 1 aromatic carbocycles. The molecule has 1 unspecified atom stereocenters. The Bertz CT molecular complexity index is 989. The van der Waals surface area contributed by atoms with Crippen molar-refractivity contribution in [3.8, 4) is 0 Å². The van der Waals surface area contributed by atoms with Gasteiger partial charge in [-0.2, -0.15) is 4.98 Å². The van der Waals surface area contributed by atoms with Gasteiger partial charge in [0.15, 0.2) is 13.7 Å². The van der Waals surface area contributed by atoms with Crippen LogP contribution >= 0.6 is 11.9 Å². The third-order valence-electron chi connectivity index (χ3n) is 6.03. The molecule has 5 rings (SSSR count). The highest BCUT2D eigenvalue weighted by atomic mass is 32.2. The van der Waals surface area contributed by atoms with Gasteiger partial charge < -0.3 is 15.5 Å². The van der Waals surface area contributed by atoms with Crippen LogP contribution in [0.15, 0.2) is 35.4 Å². The van der Waals surface area contributed by atoms with Gasteiger partial charge >= 0.3 is 0 Å². The standard InChI is InChI=1S/C20H22BN5O3S/c1-11(12-2-3-12)26-16-15(19(8-9-19)17(26)27)10-22-18(24-16)23-13-4-6-14(7-5-13)30-25-20(21,28)29/h4-7,10-12,25,28-29H,2-3,8-9H2,1H3,(H,22,23,24). The van der Waals surface area contributed by atoms with Crippen molar-refractivity contribution in [1.29, 1.82) is 0 Å². The highest BCUT2D eigenvalue weighted by molar-refractivity contribution is 7.97. The first-order valence-electron chi connectivity index (χ1n) is 10.0. The predicted octanol–water partition coefficient (Wildman–Crippen LogP) is 1.76. The van der Waals surface area contributed by atoms with Crippen LogP contribution in [0.4, 0.5) is 17.5 Å². The zero-order valence-electron chi connectivity index (χ0n) is 16.5. The summed E-state index contributed by atoms with van der Waals surface area (Å²) in [6, 6.07) is 7.40. The molecule has 1 aromatic heterocycles. The van der Waals surface area contributed by atoms with Gasteiger partial charge in [-0.3, -0.25) is 9.69 Å². The number of benzene rings is 1. The molecular formula is C20H22BN5O3S.